The first kappa shape index (κ1) is 19.6. The molecule has 3 aliphatic heterocycles. The van der Waals surface area contributed by atoms with Crippen LogP contribution < -0.4 is 10.6 Å². The number of benzene rings is 1. The molecule has 0 aromatic heterocycles. The fourth-order valence-corrected chi connectivity index (χ4v) is 4.42. The lowest BCUT2D eigenvalue weighted by Gasteiger charge is -2.29. The SMILES string of the molecule is CN1CCC(CCNc2cccc3c2C(=O)N(C2CCC(=O)NC2=O)C3=O)CC1. The fraction of sp³-hybridized carbons (Fsp3) is 0.524. The second kappa shape index (κ2) is 7.94. The van der Waals surface area contributed by atoms with Crippen LogP contribution in [-0.4, -0.2) is 66.2 Å². The second-order valence-corrected chi connectivity index (χ2v) is 8.14. The molecule has 0 spiro atoms. The van der Waals surface area contributed by atoms with Crippen molar-refractivity contribution < 1.29 is 19.2 Å². The number of carbonyl (C=O) groups is 4. The number of fused-ring (bicyclic) bond motifs is 1. The zero-order chi connectivity index (χ0) is 20.5. The van der Waals surface area contributed by atoms with Crippen LogP contribution in [0.3, 0.4) is 0 Å². The largest absolute Gasteiger partial charge is 0.384 e. The maximum Gasteiger partial charge on any atom is 0.264 e. The number of nitrogens with zero attached hydrogens (tertiary/aromatic N) is 2. The molecule has 1 aromatic carbocycles. The van der Waals surface area contributed by atoms with E-state index in [9.17, 15) is 19.2 Å². The molecule has 1 aromatic rings. The third-order valence-electron chi connectivity index (χ3n) is 6.17. The Balaban J connectivity index is 1.46. The normalized spacial score (nSPS) is 23.3. The predicted molar refractivity (Wildman–Crippen MR) is 106 cm³/mol. The molecule has 8 heteroatoms. The molecule has 2 fully saturated rings. The average Bonchev–Trinajstić information content (AvgIpc) is 2.95. The summed E-state index contributed by atoms with van der Waals surface area (Å²) in [6.45, 7) is 2.95. The second-order valence-electron chi connectivity index (χ2n) is 8.14. The third-order valence-corrected chi connectivity index (χ3v) is 6.17. The number of hydrogen-bond donors (Lipinski definition) is 2. The van der Waals surface area contributed by atoms with Gasteiger partial charge in [0.25, 0.3) is 11.8 Å². The van der Waals surface area contributed by atoms with Crippen LogP contribution in [0.2, 0.25) is 0 Å². The molecule has 4 rings (SSSR count). The molecule has 0 aliphatic carbocycles. The van der Waals surface area contributed by atoms with Gasteiger partial charge in [0.1, 0.15) is 6.04 Å². The molecular weight excluding hydrogens is 372 g/mol. The number of nitrogens with one attached hydrogen (secondary N) is 2. The monoisotopic (exact) mass is 398 g/mol. The minimum absolute atomic E-state index is 0.117. The smallest absolute Gasteiger partial charge is 0.264 e. The molecular formula is C21H26N4O4. The van der Waals surface area contributed by atoms with Crippen molar-refractivity contribution in [3.8, 4) is 0 Å². The van der Waals surface area contributed by atoms with Crippen molar-refractivity contribution in [1.82, 2.24) is 15.1 Å². The fourth-order valence-electron chi connectivity index (χ4n) is 4.42. The molecule has 1 atom stereocenters. The summed E-state index contributed by atoms with van der Waals surface area (Å²) in [6.07, 6.45) is 3.63. The van der Waals surface area contributed by atoms with Gasteiger partial charge in [-0.3, -0.25) is 29.4 Å². The van der Waals surface area contributed by atoms with E-state index in [0.29, 0.717) is 22.7 Å². The van der Waals surface area contributed by atoms with E-state index in [1.165, 1.54) is 12.8 Å². The summed E-state index contributed by atoms with van der Waals surface area (Å²) in [5.41, 5.74) is 1.26. The Hall–Kier alpha value is -2.74. The van der Waals surface area contributed by atoms with Gasteiger partial charge < -0.3 is 10.2 Å². The average molecular weight is 398 g/mol. The Morgan fingerprint density at radius 2 is 1.83 bits per heavy atom. The van der Waals surface area contributed by atoms with Gasteiger partial charge in [-0.2, -0.15) is 0 Å². The van der Waals surface area contributed by atoms with Gasteiger partial charge in [0.2, 0.25) is 11.8 Å². The van der Waals surface area contributed by atoms with Crippen molar-refractivity contribution in [2.75, 3.05) is 32.0 Å². The standard InChI is InChI=1S/C21H26N4O4/c1-24-11-8-13(9-12-24)7-10-22-15-4-2-3-14-18(15)21(29)25(20(14)28)16-5-6-17(26)23-19(16)27/h2-4,13,16,22H,5-12H2,1H3,(H,23,26,27). The van der Waals surface area contributed by atoms with Crippen LogP contribution in [0.1, 0.15) is 52.8 Å². The van der Waals surface area contributed by atoms with Gasteiger partial charge in [-0.25, -0.2) is 0 Å². The van der Waals surface area contributed by atoms with Crippen molar-refractivity contribution in [2.45, 2.75) is 38.1 Å². The Morgan fingerprint density at radius 1 is 1.07 bits per heavy atom. The molecule has 154 valence electrons. The van der Waals surface area contributed by atoms with Gasteiger partial charge in [-0.15, -0.1) is 0 Å². The van der Waals surface area contributed by atoms with Crippen molar-refractivity contribution in [1.29, 1.82) is 0 Å². The minimum atomic E-state index is -0.938. The summed E-state index contributed by atoms with van der Waals surface area (Å²) in [5.74, 6) is -1.25. The molecule has 8 nitrogen and oxygen atoms in total. The van der Waals surface area contributed by atoms with Gasteiger partial charge in [-0.05, 0) is 63.9 Å². The van der Waals surface area contributed by atoms with Gasteiger partial charge in [-0.1, -0.05) is 6.07 Å². The highest BCUT2D eigenvalue weighted by Crippen LogP contribution is 2.32. The van der Waals surface area contributed by atoms with E-state index in [1.54, 1.807) is 18.2 Å². The Kier molecular flexibility index (Phi) is 5.36. The summed E-state index contributed by atoms with van der Waals surface area (Å²) in [4.78, 5) is 52.8. The van der Waals surface area contributed by atoms with Crippen molar-refractivity contribution >= 4 is 29.3 Å². The molecule has 3 aliphatic rings. The highest BCUT2D eigenvalue weighted by molar-refractivity contribution is 6.25. The first-order valence-electron chi connectivity index (χ1n) is 10.2. The third kappa shape index (κ3) is 3.76. The molecule has 29 heavy (non-hydrogen) atoms. The molecule has 2 saturated heterocycles. The van der Waals surface area contributed by atoms with Crippen LogP contribution in [0, 0.1) is 5.92 Å². The summed E-state index contributed by atoms with van der Waals surface area (Å²) < 4.78 is 0. The van der Waals surface area contributed by atoms with Crippen molar-refractivity contribution in [3.05, 3.63) is 29.3 Å². The van der Waals surface area contributed by atoms with Crippen molar-refractivity contribution in [2.24, 2.45) is 5.92 Å². The summed E-state index contributed by atoms with van der Waals surface area (Å²) >= 11 is 0. The lowest BCUT2D eigenvalue weighted by atomic mass is 9.94. The van der Waals surface area contributed by atoms with Crippen LogP contribution in [0.4, 0.5) is 5.69 Å². The van der Waals surface area contributed by atoms with E-state index in [-0.39, 0.29) is 18.7 Å². The van der Waals surface area contributed by atoms with Gasteiger partial charge >= 0.3 is 0 Å². The number of rotatable bonds is 5. The number of hydrogen-bond acceptors (Lipinski definition) is 6. The Bertz CT molecular complexity index is 860. The van der Waals surface area contributed by atoms with E-state index in [4.69, 9.17) is 0 Å². The number of carbonyl (C=O) groups excluding carboxylic acids is 4. The van der Waals surface area contributed by atoms with E-state index in [1.807, 2.05) is 0 Å². The molecule has 3 heterocycles. The van der Waals surface area contributed by atoms with Gasteiger partial charge in [0, 0.05) is 18.7 Å². The number of piperidine rings is 2. The lowest BCUT2D eigenvalue weighted by Crippen LogP contribution is -2.54. The molecule has 2 N–H and O–H groups in total. The molecule has 0 bridgehead atoms. The zero-order valence-electron chi connectivity index (χ0n) is 16.6. The van der Waals surface area contributed by atoms with E-state index in [0.717, 1.165) is 31.0 Å². The number of amides is 4. The van der Waals surface area contributed by atoms with Crippen LogP contribution in [0.25, 0.3) is 0 Å². The van der Waals surface area contributed by atoms with E-state index < -0.39 is 23.8 Å². The minimum Gasteiger partial charge on any atom is -0.384 e. The predicted octanol–water partition coefficient (Wildman–Crippen LogP) is 1.23. The lowest BCUT2D eigenvalue weighted by molar-refractivity contribution is -0.136. The maximum atomic E-state index is 13.0. The Labute approximate surface area is 169 Å². The first-order valence-corrected chi connectivity index (χ1v) is 10.2. The van der Waals surface area contributed by atoms with E-state index >= 15 is 0 Å². The van der Waals surface area contributed by atoms with Crippen LogP contribution in [0.15, 0.2) is 18.2 Å². The summed E-state index contributed by atoms with van der Waals surface area (Å²) in [5, 5.41) is 5.55. The van der Waals surface area contributed by atoms with Crippen LogP contribution in [-0.2, 0) is 9.59 Å². The molecule has 1 unspecified atom stereocenters. The molecule has 4 amide bonds. The highest BCUT2D eigenvalue weighted by atomic mass is 16.2. The number of imide groups is 2. The van der Waals surface area contributed by atoms with Crippen molar-refractivity contribution in [3.63, 3.8) is 0 Å². The number of anilines is 1. The Morgan fingerprint density at radius 3 is 2.55 bits per heavy atom. The molecule has 0 radical (unpaired) electrons. The molecule has 0 saturated carbocycles. The number of likely N-dealkylation sites (tertiary alicyclic amines) is 1. The summed E-state index contributed by atoms with van der Waals surface area (Å²) in [6, 6.07) is 4.22. The van der Waals surface area contributed by atoms with Crippen LogP contribution >= 0.6 is 0 Å². The highest BCUT2D eigenvalue weighted by Gasteiger charge is 2.45. The van der Waals surface area contributed by atoms with Gasteiger partial charge in [0.15, 0.2) is 0 Å². The maximum absolute atomic E-state index is 13.0. The first-order chi connectivity index (χ1) is 14.0. The quantitative estimate of drug-likeness (QED) is 0.724. The summed E-state index contributed by atoms with van der Waals surface area (Å²) in [7, 11) is 2.14. The van der Waals surface area contributed by atoms with Crippen LogP contribution in [0.5, 0.6) is 0 Å². The zero-order valence-corrected chi connectivity index (χ0v) is 16.6. The van der Waals surface area contributed by atoms with E-state index in [2.05, 4.69) is 22.6 Å². The topological polar surface area (TPSA) is 98.8 Å². The van der Waals surface area contributed by atoms with Gasteiger partial charge in [0.05, 0.1) is 11.1 Å².